The van der Waals surface area contributed by atoms with E-state index in [1.807, 2.05) is 18.2 Å². The van der Waals surface area contributed by atoms with Crippen molar-refractivity contribution in [1.82, 2.24) is 14.9 Å². The molecule has 0 spiro atoms. The fourth-order valence-electron chi connectivity index (χ4n) is 3.94. The minimum Gasteiger partial charge on any atom is -0.496 e. The Bertz CT molecular complexity index is 1020. The number of benzene rings is 2. The standard InChI is InChI=1S/C25H30ClN5O/c1-30-14-16-31(17-15-30)21-12-10-20(11-13-21)28-25-27-18-22(26)23(29-25)8-5-7-19-6-3-4-9-24(19)32-2/h3-4,6,9-13,18H,5,7-8,14-17H2,1-2H3,(H,27,28,29). The Kier molecular flexibility index (Phi) is 7.45. The van der Waals surface area contributed by atoms with Crippen LogP contribution in [0.3, 0.4) is 0 Å². The Balaban J connectivity index is 1.36. The molecule has 0 bridgehead atoms. The zero-order chi connectivity index (χ0) is 22.3. The van der Waals surface area contributed by atoms with Crippen LogP contribution < -0.4 is 15.0 Å². The van der Waals surface area contributed by atoms with Crippen LogP contribution in [-0.4, -0.2) is 55.2 Å². The molecule has 32 heavy (non-hydrogen) atoms. The maximum Gasteiger partial charge on any atom is 0.227 e. The Hall–Kier alpha value is -2.83. The highest BCUT2D eigenvalue weighted by Gasteiger charge is 2.14. The van der Waals surface area contributed by atoms with E-state index in [1.54, 1.807) is 13.3 Å². The van der Waals surface area contributed by atoms with Gasteiger partial charge in [-0.2, -0.15) is 0 Å². The van der Waals surface area contributed by atoms with Crippen molar-refractivity contribution in [1.29, 1.82) is 0 Å². The predicted octanol–water partition coefficient (Wildman–Crippen LogP) is 4.81. The maximum absolute atomic E-state index is 6.37. The molecular formula is C25H30ClN5O. The molecule has 2 aromatic carbocycles. The Morgan fingerprint density at radius 2 is 1.75 bits per heavy atom. The predicted molar refractivity (Wildman–Crippen MR) is 131 cm³/mol. The zero-order valence-corrected chi connectivity index (χ0v) is 19.5. The molecule has 0 saturated carbocycles. The van der Waals surface area contributed by atoms with Crippen molar-refractivity contribution in [3.05, 3.63) is 71.0 Å². The van der Waals surface area contributed by atoms with Crippen LogP contribution in [0.2, 0.25) is 5.02 Å². The van der Waals surface area contributed by atoms with Gasteiger partial charge in [-0.3, -0.25) is 0 Å². The van der Waals surface area contributed by atoms with Gasteiger partial charge in [-0.15, -0.1) is 0 Å². The van der Waals surface area contributed by atoms with E-state index < -0.39 is 0 Å². The van der Waals surface area contributed by atoms with Crippen molar-refractivity contribution in [3.8, 4) is 5.75 Å². The zero-order valence-electron chi connectivity index (χ0n) is 18.7. The molecule has 3 aromatic rings. The van der Waals surface area contributed by atoms with E-state index in [-0.39, 0.29) is 0 Å². The first-order chi connectivity index (χ1) is 15.6. The number of ether oxygens (including phenoxy) is 1. The number of hydrogen-bond donors (Lipinski definition) is 1. The number of likely N-dealkylation sites (N-methyl/N-ethyl adjacent to an activating group) is 1. The number of hydrogen-bond acceptors (Lipinski definition) is 6. The number of nitrogens with one attached hydrogen (secondary N) is 1. The molecule has 1 aliphatic rings. The van der Waals surface area contributed by atoms with Gasteiger partial charge >= 0.3 is 0 Å². The number of methoxy groups -OCH3 is 1. The number of aromatic nitrogens is 2. The van der Waals surface area contributed by atoms with Crippen LogP contribution in [0.25, 0.3) is 0 Å². The Morgan fingerprint density at radius 1 is 1.00 bits per heavy atom. The van der Waals surface area contributed by atoms with Crippen LogP contribution >= 0.6 is 11.6 Å². The SMILES string of the molecule is COc1ccccc1CCCc1nc(Nc2ccc(N3CCN(C)CC3)cc2)ncc1Cl. The fraction of sp³-hybridized carbons (Fsp3) is 0.360. The largest absolute Gasteiger partial charge is 0.496 e. The van der Waals surface area contributed by atoms with Gasteiger partial charge in [0.25, 0.3) is 0 Å². The third-order valence-electron chi connectivity index (χ3n) is 5.86. The second-order valence-corrected chi connectivity index (χ2v) is 8.52. The molecule has 0 amide bonds. The molecule has 0 atom stereocenters. The Labute approximate surface area is 195 Å². The molecule has 168 valence electrons. The van der Waals surface area contributed by atoms with E-state index in [1.165, 1.54) is 11.3 Å². The summed E-state index contributed by atoms with van der Waals surface area (Å²) in [5.74, 6) is 1.48. The van der Waals surface area contributed by atoms with Crippen LogP contribution in [-0.2, 0) is 12.8 Å². The molecule has 7 heteroatoms. The van der Waals surface area contributed by atoms with Crippen LogP contribution in [0.4, 0.5) is 17.3 Å². The molecule has 1 aromatic heterocycles. The lowest BCUT2D eigenvalue weighted by molar-refractivity contribution is 0.313. The number of aryl methyl sites for hydroxylation is 2. The highest BCUT2D eigenvalue weighted by atomic mass is 35.5. The topological polar surface area (TPSA) is 53.5 Å². The summed E-state index contributed by atoms with van der Waals surface area (Å²) in [4.78, 5) is 13.8. The smallest absolute Gasteiger partial charge is 0.227 e. The number of halogens is 1. The molecule has 1 fully saturated rings. The van der Waals surface area contributed by atoms with Gasteiger partial charge in [-0.25, -0.2) is 9.97 Å². The molecule has 0 aliphatic carbocycles. The highest BCUT2D eigenvalue weighted by molar-refractivity contribution is 6.31. The number of para-hydroxylation sites is 1. The average molecular weight is 452 g/mol. The van der Waals surface area contributed by atoms with Gasteiger partial charge in [-0.05, 0) is 62.2 Å². The van der Waals surface area contributed by atoms with E-state index >= 15 is 0 Å². The van der Waals surface area contributed by atoms with Gasteiger partial charge in [0.15, 0.2) is 0 Å². The monoisotopic (exact) mass is 451 g/mol. The summed E-state index contributed by atoms with van der Waals surface area (Å²) in [6.07, 6.45) is 4.28. The number of anilines is 3. The quantitative estimate of drug-likeness (QED) is 0.530. The Morgan fingerprint density at radius 3 is 2.50 bits per heavy atom. The lowest BCUT2D eigenvalue weighted by Gasteiger charge is -2.34. The summed E-state index contributed by atoms with van der Waals surface area (Å²) in [5, 5.41) is 3.91. The fourth-order valence-corrected chi connectivity index (χ4v) is 4.13. The number of nitrogens with zero attached hydrogens (tertiary/aromatic N) is 4. The lowest BCUT2D eigenvalue weighted by Crippen LogP contribution is -2.44. The molecule has 1 N–H and O–H groups in total. The van der Waals surface area contributed by atoms with E-state index in [0.29, 0.717) is 11.0 Å². The second-order valence-electron chi connectivity index (χ2n) is 8.12. The van der Waals surface area contributed by atoms with Gasteiger partial charge in [0.05, 0.1) is 24.0 Å². The minimum absolute atomic E-state index is 0.564. The third-order valence-corrected chi connectivity index (χ3v) is 6.18. The highest BCUT2D eigenvalue weighted by Crippen LogP contribution is 2.24. The summed E-state index contributed by atoms with van der Waals surface area (Å²) in [6, 6.07) is 16.6. The molecule has 6 nitrogen and oxygen atoms in total. The van der Waals surface area contributed by atoms with Crippen molar-refractivity contribution >= 4 is 28.9 Å². The summed E-state index contributed by atoms with van der Waals surface area (Å²) in [6.45, 7) is 4.31. The summed E-state index contributed by atoms with van der Waals surface area (Å²) in [7, 11) is 3.87. The summed E-state index contributed by atoms with van der Waals surface area (Å²) in [5.41, 5.74) is 4.26. The van der Waals surface area contributed by atoms with Crippen LogP contribution in [0.1, 0.15) is 17.7 Å². The van der Waals surface area contributed by atoms with Crippen LogP contribution in [0, 0.1) is 0 Å². The van der Waals surface area contributed by atoms with Gasteiger partial charge in [0.1, 0.15) is 5.75 Å². The van der Waals surface area contributed by atoms with Crippen molar-refractivity contribution in [2.75, 3.05) is 50.6 Å². The second kappa shape index (κ2) is 10.7. The van der Waals surface area contributed by atoms with Gasteiger partial charge < -0.3 is 19.9 Å². The van der Waals surface area contributed by atoms with Crippen molar-refractivity contribution in [2.45, 2.75) is 19.3 Å². The average Bonchev–Trinajstić information content (AvgIpc) is 2.82. The van der Waals surface area contributed by atoms with Gasteiger partial charge in [0, 0.05) is 37.6 Å². The van der Waals surface area contributed by atoms with Crippen molar-refractivity contribution in [2.24, 2.45) is 0 Å². The van der Waals surface area contributed by atoms with Crippen LogP contribution in [0.15, 0.2) is 54.7 Å². The number of piperazine rings is 1. The van der Waals surface area contributed by atoms with Crippen molar-refractivity contribution < 1.29 is 4.74 Å². The first-order valence-electron chi connectivity index (χ1n) is 11.1. The number of rotatable bonds is 8. The molecule has 4 rings (SSSR count). The third kappa shape index (κ3) is 5.69. The first-order valence-corrected chi connectivity index (χ1v) is 11.4. The minimum atomic E-state index is 0.564. The van der Waals surface area contributed by atoms with Gasteiger partial charge in [0.2, 0.25) is 5.95 Å². The van der Waals surface area contributed by atoms with E-state index in [2.05, 4.69) is 62.5 Å². The van der Waals surface area contributed by atoms with E-state index in [4.69, 9.17) is 16.3 Å². The first kappa shape index (κ1) is 22.4. The van der Waals surface area contributed by atoms with E-state index in [9.17, 15) is 0 Å². The van der Waals surface area contributed by atoms with Gasteiger partial charge in [-0.1, -0.05) is 29.8 Å². The van der Waals surface area contributed by atoms with Crippen molar-refractivity contribution in [3.63, 3.8) is 0 Å². The summed E-state index contributed by atoms with van der Waals surface area (Å²) < 4.78 is 5.44. The molecular weight excluding hydrogens is 422 g/mol. The van der Waals surface area contributed by atoms with E-state index in [0.717, 1.165) is 62.6 Å². The normalized spacial score (nSPS) is 14.4. The molecule has 1 saturated heterocycles. The molecule has 1 aliphatic heterocycles. The summed E-state index contributed by atoms with van der Waals surface area (Å²) >= 11 is 6.37. The molecule has 0 radical (unpaired) electrons. The van der Waals surface area contributed by atoms with Crippen LogP contribution in [0.5, 0.6) is 5.75 Å². The molecule has 0 unspecified atom stereocenters. The molecule has 2 heterocycles. The lowest BCUT2D eigenvalue weighted by atomic mass is 10.1. The maximum atomic E-state index is 6.37.